The summed E-state index contributed by atoms with van der Waals surface area (Å²) in [5, 5.41) is 10.7. The first-order valence-electron chi connectivity index (χ1n) is 7.50. The topological polar surface area (TPSA) is 48.4 Å². The Morgan fingerprint density at radius 1 is 1.13 bits per heavy atom. The number of aromatic nitrogens is 1. The first kappa shape index (κ1) is 15.3. The number of aromatic hydroxyl groups is 1. The number of hydrogen-bond acceptors (Lipinski definition) is 2. The molecule has 0 bridgehead atoms. The maximum atomic E-state index is 13.5. The monoisotopic (exact) mass is 310 g/mol. The van der Waals surface area contributed by atoms with Crippen molar-refractivity contribution in [3.63, 3.8) is 0 Å². The van der Waals surface area contributed by atoms with Gasteiger partial charge < -0.3 is 10.1 Å². The molecule has 3 nitrogen and oxygen atoms in total. The van der Waals surface area contributed by atoms with Gasteiger partial charge in [-0.2, -0.15) is 0 Å². The molecule has 0 spiro atoms. The van der Waals surface area contributed by atoms with Crippen molar-refractivity contribution < 1.29 is 9.50 Å². The van der Waals surface area contributed by atoms with Gasteiger partial charge in [0.15, 0.2) is 5.88 Å². The molecule has 2 aromatic carbocycles. The van der Waals surface area contributed by atoms with Crippen LogP contribution in [0, 0.1) is 5.82 Å². The van der Waals surface area contributed by atoms with Gasteiger partial charge in [-0.1, -0.05) is 39.0 Å². The molecule has 4 heteroatoms. The first-order valence-corrected chi connectivity index (χ1v) is 7.50. The van der Waals surface area contributed by atoms with E-state index in [0.29, 0.717) is 16.5 Å². The lowest BCUT2D eigenvalue weighted by Gasteiger charge is -2.20. The fraction of sp³-hybridized carbons (Fsp3) is 0.211. The first-order chi connectivity index (χ1) is 10.9. The molecular formula is C19H19FN2O. The molecule has 0 aliphatic rings. The molecule has 0 atom stereocenters. The zero-order valence-corrected chi connectivity index (χ0v) is 13.4. The molecular weight excluding hydrogens is 291 g/mol. The number of benzene rings is 2. The van der Waals surface area contributed by atoms with Crippen molar-refractivity contribution in [1.82, 2.24) is 4.98 Å². The van der Waals surface area contributed by atoms with Crippen LogP contribution < -0.4 is 0 Å². The fourth-order valence-electron chi connectivity index (χ4n) is 2.66. The van der Waals surface area contributed by atoms with E-state index >= 15 is 0 Å². The Morgan fingerprint density at radius 3 is 2.61 bits per heavy atom. The van der Waals surface area contributed by atoms with Gasteiger partial charge >= 0.3 is 0 Å². The number of H-pyrrole nitrogens is 1. The van der Waals surface area contributed by atoms with Gasteiger partial charge in [0, 0.05) is 17.1 Å². The van der Waals surface area contributed by atoms with Crippen LogP contribution in [0.1, 0.15) is 31.9 Å². The number of hydrogen-bond donors (Lipinski definition) is 2. The number of aliphatic imine (C=N–C) groups is 1. The van der Waals surface area contributed by atoms with E-state index in [-0.39, 0.29) is 17.1 Å². The molecule has 3 rings (SSSR count). The van der Waals surface area contributed by atoms with Gasteiger partial charge in [-0.15, -0.1) is 0 Å². The van der Waals surface area contributed by atoms with Crippen LogP contribution in [0.2, 0.25) is 0 Å². The molecule has 23 heavy (non-hydrogen) atoms. The lowest BCUT2D eigenvalue weighted by molar-refractivity contribution is 0.457. The summed E-state index contributed by atoms with van der Waals surface area (Å²) in [6, 6.07) is 12.2. The van der Waals surface area contributed by atoms with Gasteiger partial charge in [0.05, 0.1) is 11.3 Å². The fourth-order valence-corrected chi connectivity index (χ4v) is 2.66. The molecule has 0 amide bonds. The third-order valence-corrected chi connectivity index (χ3v) is 3.82. The second-order valence-electron chi connectivity index (χ2n) is 6.60. The number of halogens is 1. The Labute approximate surface area is 134 Å². The molecule has 0 aliphatic carbocycles. The third-order valence-electron chi connectivity index (χ3n) is 3.82. The van der Waals surface area contributed by atoms with Crippen molar-refractivity contribution >= 4 is 22.8 Å². The molecule has 0 unspecified atom stereocenters. The van der Waals surface area contributed by atoms with E-state index < -0.39 is 0 Å². The minimum absolute atomic E-state index is 0.0115. The van der Waals surface area contributed by atoms with E-state index in [1.807, 2.05) is 24.3 Å². The molecule has 0 aliphatic heterocycles. The summed E-state index contributed by atoms with van der Waals surface area (Å²) >= 11 is 0. The highest BCUT2D eigenvalue weighted by molar-refractivity contribution is 6.02. The van der Waals surface area contributed by atoms with Crippen molar-refractivity contribution in [3.05, 3.63) is 59.4 Å². The number of fused-ring (bicyclic) bond motifs is 1. The molecule has 1 aromatic heterocycles. The van der Waals surface area contributed by atoms with Crippen LogP contribution in [0.3, 0.4) is 0 Å². The van der Waals surface area contributed by atoms with Crippen LogP contribution >= 0.6 is 0 Å². The van der Waals surface area contributed by atoms with Crippen LogP contribution in [-0.2, 0) is 5.41 Å². The number of nitrogens with zero attached hydrogens (tertiary/aromatic N) is 1. The van der Waals surface area contributed by atoms with E-state index in [0.717, 1.165) is 11.3 Å². The van der Waals surface area contributed by atoms with Crippen LogP contribution in [-0.4, -0.2) is 16.3 Å². The highest BCUT2D eigenvalue weighted by Gasteiger charge is 2.17. The predicted molar refractivity (Wildman–Crippen MR) is 92.3 cm³/mol. The molecule has 0 saturated heterocycles. The van der Waals surface area contributed by atoms with Crippen molar-refractivity contribution in [3.8, 4) is 5.88 Å². The smallest absolute Gasteiger partial charge is 0.198 e. The quantitative estimate of drug-likeness (QED) is 0.638. The molecule has 3 aromatic rings. The summed E-state index contributed by atoms with van der Waals surface area (Å²) in [6.07, 6.45) is 1.58. The van der Waals surface area contributed by atoms with Crippen LogP contribution in [0.15, 0.2) is 47.5 Å². The van der Waals surface area contributed by atoms with E-state index in [1.54, 1.807) is 12.3 Å². The number of para-hydroxylation sites is 1. The number of rotatable bonds is 2. The van der Waals surface area contributed by atoms with E-state index in [4.69, 9.17) is 0 Å². The predicted octanol–water partition coefficient (Wildman–Crippen LogP) is 5.06. The Hall–Kier alpha value is -2.62. The summed E-state index contributed by atoms with van der Waals surface area (Å²) in [5.74, 6) is -0.358. The standard InChI is InChI=1S/C19H19FN2O/c1-19(2,3)15-6-4-5-7-17(15)21-11-14-13-10-12(20)8-9-16(13)22-18(14)23/h4-11,22-23H,1-3H3. The molecule has 0 radical (unpaired) electrons. The Morgan fingerprint density at radius 2 is 1.87 bits per heavy atom. The van der Waals surface area contributed by atoms with Crippen LogP contribution in [0.5, 0.6) is 5.88 Å². The van der Waals surface area contributed by atoms with Crippen LogP contribution in [0.25, 0.3) is 10.9 Å². The molecule has 118 valence electrons. The molecule has 1 heterocycles. The number of nitrogens with one attached hydrogen (secondary N) is 1. The normalized spacial score (nSPS) is 12.3. The maximum absolute atomic E-state index is 13.5. The summed E-state index contributed by atoms with van der Waals surface area (Å²) < 4.78 is 13.5. The average molecular weight is 310 g/mol. The summed E-state index contributed by atoms with van der Waals surface area (Å²) in [6.45, 7) is 6.37. The van der Waals surface area contributed by atoms with Crippen LogP contribution in [0.4, 0.5) is 10.1 Å². The van der Waals surface area contributed by atoms with Gasteiger partial charge in [0.25, 0.3) is 0 Å². The number of aromatic amines is 1. The molecule has 0 saturated carbocycles. The highest BCUT2D eigenvalue weighted by atomic mass is 19.1. The zero-order chi connectivity index (χ0) is 16.6. The van der Waals surface area contributed by atoms with Gasteiger partial charge in [-0.3, -0.25) is 4.99 Å². The van der Waals surface area contributed by atoms with E-state index in [9.17, 15) is 9.50 Å². The SMILES string of the molecule is CC(C)(C)c1ccccc1N=Cc1c(O)[nH]c2ccc(F)cc12. The van der Waals surface area contributed by atoms with E-state index in [1.165, 1.54) is 12.1 Å². The Kier molecular flexibility index (Phi) is 3.68. The maximum Gasteiger partial charge on any atom is 0.198 e. The average Bonchev–Trinajstić information content (AvgIpc) is 2.79. The largest absolute Gasteiger partial charge is 0.494 e. The lowest BCUT2D eigenvalue weighted by atomic mass is 9.86. The minimum atomic E-state index is -0.346. The van der Waals surface area contributed by atoms with Crippen molar-refractivity contribution in [1.29, 1.82) is 0 Å². The van der Waals surface area contributed by atoms with Gasteiger partial charge in [0.2, 0.25) is 0 Å². The van der Waals surface area contributed by atoms with Crippen molar-refractivity contribution in [2.45, 2.75) is 26.2 Å². The second-order valence-corrected chi connectivity index (χ2v) is 6.60. The molecule has 2 N–H and O–H groups in total. The van der Waals surface area contributed by atoms with Crippen molar-refractivity contribution in [2.75, 3.05) is 0 Å². The highest BCUT2D eigenvalue weighted by Crippen LogP contribution is 2.32. The third kappa shape index (κ3) is 2.97. The zero-order valence-electron chi connectivity index (χ0n) is 13.4. The Bertz CT molecular complexity index is 888. The van der Waals surface area contributed by atoms with Gasteiger partial charge in [-0.05, 0) is 35.2 Å². The van der Waals surface area contributed by atoms with Crippen molar-refractivity contribution in [2.24, 2.45) is 4.99 Å². The summed E-state index contributed by atoms with van der Waals surface area (Å²) in [5.41, 5.74) is 3.08. The minimum Gasteiger partial charge on any atom is -0.494 e. The van der Waals surface area contributed by atoms with Gasteiger partial charge in [0.1, 0.15) is 5.82 Å². The Balaban J connectivity index is 2.08. The summed E-state index contributed by atoms with van der Waals surface area (Å²) in [4.78, 5) is 7.36. The van der Waals surface area contributed by atoms with E-state index in [2.05, 4.69) is 30.7 Å². The second kappa shape index (κ2) is 5.54. The van der Waals surface area contributed by atoms with Gasteiger partial charge in [-0.25, -0.2) is 4.39 Å². The molecule has 0 fully saturated rings. The summed E-state index contributed by atoms with van der Waals surface area (Å²) in [7, 11) is 0. The lowest BCUT2D eigenvalue weighted by Crippen LogP contribution is -2.11.